The van der Waals surface area contributed by atoms with Gasteiger partial charge in [-0.3, -0.25) is 4.57 Å². The molecule has 0 aromatic carbocycles. The number of aryl methyl sites for hydroxylation is 2. The van der Waals surface area contributed by atoms with E-state index in [4.69, 9.17) is 19.4 Å². The summed E-state index contributed by atoms with van der Waals surface area (Å²) in [4.78, 5) is 23.3. The van der Waals surface area contributed by atoms with E-state index >= 15 is 4.39 Å². The Morgan fingerprint density at radius 2 is 1.95 bits per heavy atom. The summed E-state index contributed by atoms with van der Waals surface area (Å²) in [6.45, 7) is 12.7. The average molecular weight is 530 g/mol. The fraction of sp³-hybridized carbons (Fsp3) is 0.520. The van der Waals surface area contributed by atoms with Gasteiger partial charge in [0.25, 0.3) is 0 Å². The quantitative estimate of drug-likeness (QED) is 0.329. The van der Waals surface area contributed by atoms with E-state index in [0.717, 1.165) is 17.4 Å². The second-order valence-corrected chi connectivity index (χ2v) is 16.2. The van der Waals surface area contributed by atoms with Crippen LogP contribution < -0.4 is 10.2 Å². The number of anilines is 1. The number of rotatable bonds is 9. The Bertz CT molecular complexity index is 1230. The lowest BCUT2D eigenvalue weighted by Gasteiger charge is -2.20. The summed E-state index contributed by atoms with van der Waals surface area (Å²) in [5.41, 5.74) is 2.59. The summed E-state index contributed by atoms with van der Waals surface area (Å²) >= 11 is 0. The molecular formula is C25H36FN7O3Si. The first-order valence-electron chi connectivity index (χ1n) is 12.5. The van der Waals surface area contributed by atoms with Crippen LogP contribution in [0.15, 0.2) is 24.4 Å². The molecule has 4 rings (SSSR count). The number of aromatic nitrogens is 5. The summed E-state index contributed by atoms with van der Waals surface area (Å²) in [6.07, 6.45) is 1.13. The highest BCUT2D eigenvalue weighted by atomic mass is 28.3. The number of alkyl carbamates (subject to hydrolysis) is 1. The Morgan fingerprint density at radius 1 is 1.22 bits per heavy atom. The Labute approximate surface area is 217 Å². The number of hydrogen-bond acceptors (Lipinski definition) is 7. The van der Waals surface area contributed by atoms with Crippen molar-refractivity contribution < 1.29 is 18.7 Å². The van der Waals surface area contributed by atoms with Gasteiger partial charge in [0.2, 0.25) is 5.95 Å². The molecule has 0 bridgehead atoms. The maximum Gasteiger partial charge on any atom is 0.407 e. The number of nitrogens with one attached hydrogen (secondary N) is 1. The average Bonchev–Trinajstić information content (AvgIpc) is 3.54. The molecule has 3 aromatic rings. The van der Waals surface area contributed by atoms with Crippen molar-refractivity contribution in [3.05, 3.63) is 41.6 Å². The maximum atomic E-state index is 15.1. The zero-order chi connectivity index (χ0) is 26.7. The predicted octanol–water partition coefficient (Wildman–Crippen LogP) is 4.13. The molecule has 1 amide bonds. The van der Waals surface area contributed by atoms with Gasteiger partial charge in [0, 0.05) is 52.1 Å². The number of carbonyl (C=O) groups excluding carboxylic acids is 1. The summed E-state index contributed by atoms with van der Waals surface area (Å²) in [7, 11) is 0.283. The monoisotopic (exact) mass is 529 g/mol. The Morgan fingerprint density at radius 3 is 2.62 bits per heavy atom. The van der Waals surface area contributed by atoms with Crippen LogP contribution in [0.5, 0.6) is 0 Å². The van der Waals surface area contributed by atoms with Gasteiger partial charge >= 0.3 is 6.09 Å². The van der Waals surface area contributed by atoms with Crippen molar-refractivity contribution in [1.29, 1.82) is 0 Å². The van der Waals surface area contributed by atoms with E-state index in [9.17, 15) is 4.79 Å². The molecule has 12 heteroatoms. The number of ether oxygens (including phenoxy) is 2. The summed E-state index contributed by atoms with van der Waals surface area (Å²) < 4.78 is 29.8. The van der Waals surface area contributed by atoms with Crippen molar-refractivity contribution >= 4 is 20.0 Å². The third-order valence-electron chi connectivity index (χ3n) is 6.37. The molecule has 0 unspecified atom stereocenters. The van der Waals surface area contributed by atoms with E-state index in [1.54, 1.807) is 6.07 Å². The first kappa shape index (κ1) is 26.8. The van der Waals surface area contributed by atoms with Gasteiger partial charge in [0.15, 0.2) is 5.82 Å². The van der Waals surface area contributed by atoms with Gasteiger partial charge in [-0.25, -0.2) is 18.9 Å². The lowest BCUT2D eigenvalue weighted by atomic mass is 10.2. The van der Waals surface area contributed by atoms with Crippen LogP contribution in [0.2, 0.25) is 25.7 Å². The fourth-order valence-electron chi connectivity index (χ4n) is 4.28. The number of carbonyl (C=O) groups is 1. The van der Waals surface area contributed by atoms with Crippen molar-refractivity contribution in [2.75, 3.05) is 31.6 Å². The summed E-state index contributed by atoms with van der Waals surface area (Å²) in [5, 5.41) is 6.70. The fourth-order valence-corrected chi connectivity index (χ4v) is 5.03. The van der Waals surface area contributed by atoms with Gasteiger partial charge in [-0.15, -0.1) is 0 Å². The highest BCUT2D eigenvalue weighted by molar-refractivity contribution is 6.76. The smallest absolute Gasteiger partial charge is 0.407 e. The normalized spacial score (nSPS) is 15.9. The zero-order valence-electron chi connectivity index (χ0n) is 22.4. The Hall–Kier alpha value is -3.25. The number of nitrogens with zero attached hydrogens (tertiary/aromatic N) is 6. The van der Waals surface area contributed by atoms with Crippen molar-refractivity contribution in [2.45, 2.75) is 58.8 Å². The van der Waals surface area contributed by atoms with Crippen LogP contribution >= 0.6 is 0 Å². The minimum absolute atomic E-state index is 0.131. The van der Waals surface area contributed by atoms with Crippen molar-refractivity contribution in [3.8, 4) is 17.3 Å². The molecule has 3 aromatic heterocycles. The van der Waals surface area contributed by atoms with E-state index in [0.29, 0.717) is 43.6 Å². The maximum absolute atomic E-state index is 15.1. The number of hydrogen-bond donors (Lipinski definition) is 1. The molecule has 1 atom stereocenters. The molecule has 4 heterocycles. The van der Waals surface area contributed by atoms with Crippen LogP contribution in [0.25, 0.3) is 17.3 Å². The number of halogens is 1. The van der Waals surface area contributed by atoms with Crippen LogP contribution in [-0.2, 0) is 16.2 Å². The van der Waals surface area contributed by atoms with Gasteiger partial charge in [0.05, 0.1) is 18.4 Å². The predicted molar refractivity (Wildman–Crippen MR) is 142 cm³/mol. The molecule has 37 heavy (non-hydrogen) atoms. The van der Waals surface area contributed by atoms with E-state index in [1.807, 2.05) is 35.4 Å². The first-order valence-corrected chi connectivity index (χ1v) is 16.2. The highest BCUT2D eigenvalue weighted by Crippen LogP contribution is 2.29. The SMILES string of the molecule is CNC(=O)O[C@@H]1CCN(c2cc(-c3c(F)cnn3COCC[Si](C)(C)C)nc(-n3c(C)ccc3C)n2)C1. The van der Waals surface area contributed by atoms with Gasteiger partial charge in [-0.05, 0) is 32.0 Å². The molecule has 10 nitrogen and oxygen atoms in total. The molecule has 1 aliphatic heterocycles. The van der Waals surface area contributed by atoms with Crippen LogP contribution in [0, 0.1) is 19.7 Å². The summed E-state index contributed by atoms with van der Waals surface area (Å²) in [5.74, 6) is 0.588. The van der Waals surface area contributed by atoms with E-state index in [2.05, 4.69) is 30.1 Å². The molecule has 1 aliphatic rings. The van der Waals surface area contributed by atoms with Gasteiger partial charge in [0.1, 0.15) is 24.3 Å². The third kappa shape index (κ3) is 6.36. The largest absolute Gasteiger partial charge is 0.444 e. The van der Waals surface area contributed by atoms with Crippen LogP contribution in [-0.4, -0.2) is 71.3 Å². The first-order chi connectivity index (χ1) is 17.6. The van der Waals surface area contributed by atoms with Crippen molar-refractivity contribution in [2.24, 2.45) is 0 Å². The zero-order valence-corrected chi connectivity index (χ0v) is 23.4. The van der Waals surface area contributed by atoms with Crippen LogP contribution in [0.4, 0.5) is 15.0 Å². The molecule has 0 saturated carbocycles. The van der Waals surface area contributed by atoms with E-state index < -0.39 is 20.0 Å². The standard InChI is InChI=1S/C25H36FN7O3Si/c1-17-7-8-18(2)33(17)24-29-21(13-22(30-24)31-10-9-19(15-31)36-25(34)27-3)23-20(26)14-28-32(23)16-35-11-12-37(4,5)6/h7-8,13-14,19H,9-12,15-16H2,1-6H3,(H,27,34)/t19-/m1/s1. The van der Waals surface area contributed by atoms with Crippen LogP contribution in [0.3, 0.4) is 0 Å². The molecule has 1 fully saturated rings. The second kappa shape index (κ2) is 11.0. The Balaban J connectivity index is 1.68. The van der Waals surface area contributed by atoms with Crippen LogP contribution in [0.1, 0.15) is 17.8 Å². The lowest BCUT2D eigenvalue weighted by Crippen LogP contribution is -2.29. The Kier molecular flexibility index (Phi) is 7.98. The lowest BCUT2D eigenvalue weighted by molar-refractivity contribution is 0.0796. The van der Waals surface area contributed by atoms with Gasteiger partial charge in [-0.1, -0.05) is 19.6 Å². The molecule has 1 saturated heterocycles. The van der Waals surface area contributed by atoms with Gasteiger partial charge < -0.3 is 19.7 Å². The third-order valence-corrected chi connectivity index (χ3v) is 8.07. The molecule has 0 spiro atoms. The molecule has 200 valence electrons. The van der Waals surface area contributed by atoms with Crippen molar-refractivity contribution in [1.82, 2.24) is 29.6 Å². The molecular weight excluding hydrogens is 493 g/mol. The minimum atomic E-state index is -1.25. The van der Waals surface area contributed by atoms with Gasteiger partial charge in [-0.2, -0.15) is 10.1 Å². The topological polar surface area (TPSA) is 99.3 Å². The number of amides is 1. The summed E-state index contributed by atoms with van der Waals surface area (Å²) in [6, 6.07) is 6.75. The van der Waals surface area contributed by atoms with E-state index in [1.165, 1.54) is 17.9 Å². The molecule has 0 radical (unpaired) electrons. The highest BCUT2D eigenvalue weighted by Gasteiger charge is 2.28. The van der Waals surface area contributed by atoms with Crippen molar-refractivity contribution in [3.63, 3.8) is 0 Å². The minimum Gasteiger partial charge on any atom is -0.444 e. The van der Waals surface area contributed by atoms with E-state index in [-0.39, 0.29) is 18.5 Å². The second-order valence-electron chi connectivity index (χ2n) is 10.6. The molecule has 0 aliphatic carbocycles. The molecule has 1 N–H and O–H groups in total.